The van der Waals surface area contributed by atoms with E-state index in [1.165, 1.54) is 23.1 Å². The maximum Gasteiger partial charge on any atom is 0.261 e. The Bertz CT molecular complexity index is 624. The minimum Gasteiger partial charge on any atom is -0.508 e. The third-order valence-corrected chi connectivity index (χ3v) is 3.07. The van der Waals surface area contributed by atoms with Crippen molar-refractivity contribution in [3.8, 4) is 11.5 Å². The zero-order chi connectivity index (χ0) is 14.7. The van der Waals surface area contributed by atoms with E-state index in [4.69, 9.17) is 5.73 Å². The summed E-state index contributed by atoms with van der Waals surface area (Å²) in [5, 5.41) is 19.1. The number of carbonyl (C=O) groups is 1. The molecule has 2 aromatic carbocycles. The van der Waals surface area contributed by atoms with Gasteiger partial charge in [-0.05, 0) is 35.9 Å². The highest BCUT2D eigenvalue weighted by Crippen LogP contribution is 2.25. The van der Waals surface area contributed by atoms with E-state index in [2.05, 4.69) is 0 Å². The molecule has 5 heteroatoms. The summed E-state index contributed by atoms with van der Waals surface area (Å²) in [4.78, 5) is 13.7. The quantitative estimate of drug-likeness (QED) is 0.744. The van der Waals surface area contributed by atoms with E-state index in [1.807, 2.05) is 12.1 Å². The number of hydrogen-bond donors (Lipinski definition) is 3. The van der Waals surface area contributed by atoms with Gasteiger partial charge >= 0.3 is 0 Å². The topological polar surface area (TPSA) is 86.8 Å². The molecule has 0 spiro atoms. The molecule has 0 atom stereocenters. The molecule has 0 aliphatic heterocycles. The first-order valence-corrected chi connectivity index (χ1v) is 6.12. The highest BCUT2D eigenvalue weighted by molar-refractivity contribution is 6.07. The van der Waals surface area contributed by atoms with Gasteiger partial charge in [-0.15, -0.1) is 0 Å². The van der Waals surface area contributed by atoms with Crippen LogP contribution in [0, 0.1) is 0 Å². The van der Waals surface area contributed by atoms with E-state index in [-0.39, 0.29) is 17.1 Å². The lowest BCUT2D eigenvalue weighted by Crippen LogP contribution is -2.26. The summed E-state index contributed by atoms with van der Waals surface area (Å²) in [6.07, 6.45) is 0. The van der Waals surface area contributed by atoms with Gasteiger partial charge in [0.15, 0.2) is 0 Å². The second-order valence-electron chi connectivity index (χ2n) is 4.44. The first-order chi connectivity index (χ1) is 9.52. The maximum absolute atomic E-state index is 12.3. The van der Waals surface area contributed by atoms with Crippen molar-refractivity contribution in [2.24, 2.45) is 5.73 Å². The van der Waals surface area contributed by atoms with Gasteiger partial charge in [0, 0.05) is 19.3 Å². The summed E-state index contributed by atoms with van der Waals surface area (Å²) in [5.74, 6) is -0.643. The first-order valence-electron chi connectivity index (χ1n) is 6.12. The predicted molar refractivity (Wildman–Crippen MR) is 76.8 cm³/mol. The zero-order valence-electron chi connectivity index (χ0n) is 11.1. The molecule has 0 aromatic heterocycles. The van der Waals surface area contributed by atoms with Crippen molar-refractivity contribution in [3.63, 3.8) is 0 Å². The largest absolute Gasteiger partial charge is 0.508 e. The Labute approximate surface area is 116 Å². The number of rotatable bonds is 3. The molecule has 4 N–H and O–H groups in total. The van der Waals surface area contributed by atoms with Gasteiger partial charge in [-0.3, -0.25) is 4.79 Å². The lowest BCUT2D eigenvalue weighted by molar-refractivity contribution is 0.0990. The highest BCUT2D eigenvalue weighted by atomic mass is 16.3. The second-order valence-corrected chi connectivity index (χ2v) is 4.44. The molecule has 0 fully saturated rings. The van der Waals surface area contributed by atoms with Crippen LogP contribution in [-0.2, 0) is 6.54 Å². The van der Waals surface area contributed by atoms with E-state index in [0.717, 1.165) is 5.56 Å². The Morgan fingerprint density at radius 1 is 1.15 bits per heavy atom. The standard InChI is InChI=1S/C15H16N2O3/c1-17(11-4-2-10(9-16)3-5-11)15(20)13-8-12(18)6-7-14(13)19/h2-8,18-19H,9,16H2,1H3. The van der Waals surface area contributed by atoms with E-state index in [0.29, 0.717) is 12.2 Å². The number of nitrogens with zero attached hydrogens (tertiary/aromatic N) is 1. The molecule has 0 aliphatic carbocycles. The number of phenolic OH excluding ortho intramolecular Hbond substituents is 2. The van der Waals surface area contributed by atoms with Crippen LogP contribution in [0.25, 0.3) is 0 Å². The SMILES string of the molecule is CN(C(=O)c1cc(O)ccc1O)c1ccc(CN)cc1. The molecule has 0 unspecified atom stereocenters. The van der Waals surface area contributed by atoms with Gasteiger partial charge < -0.3 is 20.8 Å². The number of aromatic hydroxyl groups is 2. The Kier molecular flexibility index (Phi) is 3.91. The summed E-state index contributed by atoms with van der Waals surface area (Å²) in [6, 6.07) is 11.1. The molecule has 2 rings (SSSR count). The summed E-state index contributed by atoms with van der Waals surface area (Å²) < 4.78 is 0. The molecule has 1 amide bonds. The smallest absolute Gasteiger partial charge is 0.261 e. The minimum absolute atomic E-state index is 0.0513. The van der Waals surface area contributed by atoms with Crippen LogP contribution < -0.4 is 10.6 Å². The van der Waals surface area contributed by atoms with E-state index in [9.17, 15) is 15.0 Å². The van der Waals surface area contributed by atoms with Crippen molar-refractivity contribution in [2.75, 3.05) is 11.9 Å². The lowest BCUT2D eigenvalue weighted by Gasteiger charge is -2.18. The molecular weight excluding hydrogens is 256 g/mol. The van der Waals surface area contributed by atoms with Gasteiger partial charge in [0.1, 0.15) is 11.5 Å². The number of benzene rings is 2. The summed E-state index contributed by atoms with van der Waals surface area (Å²) in [7, 11) is 1.60. The number of hydrogen-bond acceptors (Lipinski definition) is 4. The highest BCUT2D eigenvalue weighted by Gasteiger charge is 2.17. The van der Waals surface area contributed by atoms with Crippen LogP contribution in [0.5, 0.6) is 11.5 Å². The third-order valence-electron chi connectivity index (χ3n) is 3.07. The molecule has 0 saturated heterocycles. The fraction of sp³-hybridized carbons (Fsp3) is 0.133. The molecule has 0 bridgehead atoms. The van der Waals surface area contributed by atoms with Crippen LogP contribution in [-0.4, -0.2) is 23.2 Å². The Morgan fingerprint density at radius 2 is 1.80 bits per heavy atom. The van der Waals surface area contributed by atoms with Gasteiger partial charge in [0.2, 0.25) is 0 Å². The average Bonchev–Trinajstić information content (AvgIpc) is 2.48. The first kappa shape index (κ1) is 13.9. The molecule has 5 nitrogen and oxygen atoms in total. The van der Waals surface area contributed by atoms with Crippen LogP contribution in [0.1, 0.15) is 15.9 Å². The van der Waals surface area contributed by atoms with Gasteiger partial charge in [-0.2, -0.15) is 0 Å². The van der Waals surface area contributed by atoms with Gasteiger partial charge in [0.05, 0.1) is 5.56 Å². The van der Waals surface area contributed by atoms with Crippen molar-refractivity contribution in [2.45, 2.75) is 6.54 Å². The average molecular weight is 272 g/mol. The normalized spacial score (nSPS) is 10.3. The summed E-state index contributed by atoms with van der Waals surface area (Å²) in [6.45, 7) is 0.436. The minimum atomic E-state index is -0.404. The fourth-order valence-corrected chi connectivity index (χ4v) is 1.85. The van der Waals surface area contributed by atoms with Crippen molar-refractivity contribution in [1.29, 1.82) is 0 Å². The predicted octanol–water partition coefficient (Wildman–Crippen LogP) is 1.83. The molecule has 0 aliphatic rings. The number of anilines is 1. The van der Waals surface area contributed by atoms with Crippen molar-refractivity contribution < 1.29 is 15.0 Å². The molecule has 0 heterocycles. The van der Waals surface area contributed by atoms with Crippen LogP contribution in [0.4, 0.5) is 5.69 Å². The van der Waals surface area contributed by atoms with E-state index >= 15 is 0 Å². The molecule has 0 saturated carbocycles. The molecule has 2 aromatic rings. The molecule has 20 heavy (non-hydrogen) atoms. The monoisotopic (exact) mass is 272 g/mol. The Balaban J connectivity index is 2.29. The van der Waals surface area contributed by atoms with Gasteiger partial charge in [-0.25, -0.2) is 0 Å². The maximum atomic E-state index is 12.3. The number of carbonyl (C=O) groups excluding carboxylic acids is 1. The van der Waals surface area contributed by atoms with E-state index in [1.54, 1.807) is 19.2 Å². The molecular formula is C15H16N2O3. The summed E-state index contributed by atoms with van der Waals surface area (Å²) >= 11 is 0. The van der Waals surface area contributed by atoms with Gasteiger partial charge in [-0.1, -0.05) is 12.1 Å². The van der Waals surface area contributed by atoms with Crippen LogP contribution in [0.2, 0.25) is 0 Å². The Morgan fingerprint density at radius 3 is 2.40 bits per heavy atom. The van der Waals surface area contributed by atoms with Crippen LogP contribution >= 0.6 is 0 Å². The molecule has 0 radical (unpaired) electrons. The number of phenols is 2. The van der Waals surface area contributed by atoms with Crippen LogP contribution in [0.15, 0.2) is 42.5 Å². The van der Waals surface area contributed by atoms with Crippen molar-refractivity contribution in [3.05, 3.63) is 53.6 Å². The van der Waals surface area contributed by atoms with E-state index < -0.39 is 5.91 Å². The zero-order valence-corrected chi connectivity index (χ0v) is 11.1. The van der Waals surface area contributed by atoms with Crippen molar-refractivity contribution >= 4 is 11.6 Å². The summed E-state index contributed by atoms with van der Waals surface area (Å²) in [5.41, 5.74) is 7.22. The van der Waals surface area contributed by atoms with Gasteiger partial charge in [0.25, 0.3) is 5.91 Å². The number of nitrogens with two attached hydrogens (primary N) is 1. The second kappa shape index (κ2) is 5.63. The number of amides is 1. The molecule has 104 valence electrons. The van der Waals surface area contributed by atoms with Crippen LogP contribution in [0.3, 0.4) is 0 Å². The lowest BCUT2D eigenvalue weighted by atomic mass is 10.1. The van der Waals surface area contributed by atoms with Crippen molar-refractivity contribution in [1.82, 2.24) is 0 Å². The fourth-order valence-electron chi connectivity index (χ4n) is 1.85. The third kappa shape index (κ3) is 2.73. The Hall–Kier alpha value is -2.53.